The maximum atomic E-state index is 2.50. The molecule has 0 fully saturated rings. The Morgan fingerprint density at radius 1 is 0.354 bits per heavy atom. The lowest BCUT2D eigenvalue weighted by Gasteiger charge is -2.37. The molecule has 8 aromatic carbocycles. The Kier molecular flexibility index (Phi) is 5.86. The van der Waals surface area contributed by atoms with Crippen LogP contribution in [-0.2, 0) is 5.41 Å². The fraction of sp³-hybridized carbons (Fsp3) is 0.0213. The highest BCUT2D eigenvalue weighted by Crippen LogP contribution is 2.60. The van der Waals surface area contributed by atoms with Crippen molar-refractivity contribution in [1.82, 2.24) is 0 Å². The molecule has 1 heterocycles. The number of hydrogen-bond acceptors (Lipinski definition) is 1. The van der Waals surface area contributed by atoms with Gasteiger partial charge in [-0.3, -0.25) is 0 Å². The first-order valence-electron chi connectivity index (χ1n) is 16.7. The Bertz CT molecular complexity index is 2430. The van der Waals surface area contributed by atoms with Crippen LogP contribution in [0.2, 0.25) is 0 Å². The molecule has 10 rings (SSSR count). The molecule has 0 radical (unpaired) electrons. The summed E-state index contributed by atoms with van der Waals surface area (Å²) in [6, 6.07) is 69.3. The van der Waals surface area contributed by atoms with E-state index in [1.54, 1.807) is 0 Å². The summed E-state index contributed by atoms with van der Waals surface area (Å²) in [5.74, 6) is 0. The van der Waals surface area contributed by atoms with Crippen molar-refractivity contribution in [1.29, 1.82) is 0 Å². The summed E-state index contributed by atoms with van der Waals surface area (Å²) in [6.45, 7) is 0. The monoisotopic (exact) mass is 609 g/mol. The normalized spacial score (nSPS) is 13.5. The van der Waals surface area contributed by atoms with Crippen LogP contribution in [0.25, 0.3) is 44.2 Å². The smallest absolute Gasteiger partial charge is 0.0714 e. The Morgan fingerprint density at radius 3 is 1.65 bits per heavy atom. The Morgan fingerprint density at radius 2 is 0.938 bits per heavy atom. The second kappa shape index (κ2) is 10.4. The fourth-order valence-corrected chi connectivity index (χ4v) is 8.45. The molecular weight excluding hydrogens is 579 g/mol. The highest BCUT2D eigenvalue weighted by atomic mass is 15.2. The van der Waals surface area contributed by atoms with Gasteiger partial charge in [0.2, 0.25) is 0 Å². The van der Waals surface area contributed by atoms with Gasteiger partial charge < -0.3 is 4.90 Å². The average Bonchev–Trinajstić information content (AvgIpc) is 3.46. The second-order valence-electron chi connectivity index (χ2n) is 12.9. The zero-order chi connectivity index (χ0) is 31.7. The molecule has 1 heteroatoms. The molecule has 8 aromatic rings. The SMILES string of the molecule is c1ccc(-c2ccc(N3c4cc5c(cc4-c4cccc6cccc3c46)-c3ccccc3C5(c3ccccc3)c3ccccc3)cc2)cc1. The first-order valence-corrected chi connectivity index (χ1v) is 16.7. The third-order valence-electron chi connectivity index (χ3n) is 10.5. The van der Waals surface area contributed by atoms with Crippen molar-refractivity contribution in [3.05, 3.63) is 210 Å². The van der Waals surface area contributed by atoms with E-state index in [-0.39, 0.29) is 0 Å². The van der Waals surface area contributed by atoms with Gasteiger partial charge in [0.05, 0.1) is 16.8 Å². The van der Waals surface area contributed by atoms with Crippen LogP contribution in [-0.4, -0.2) is 0 Å². The van der Waals surface area contributed by atoms with Gasteiger partial charge in [-0.2, -0.15) is 0 Å². The van der Waals surface area contributed by atoms with Crippen LogP contribution in [0.15, 0.2) is 188 Å². The molecule has 0 spiro atoms. The maximum Gasteiger partial charge on any atom is 0.0714 e. The highest BCUT2D eigenvalue weighted by molar-refractivity contribution is 6.15. The molecule has 1 aliphatic heterocycles. The molecule has 0 aromatic heterocycles. The minimum absolute atomic E-state index is 0.463. The summed E-state index contributed by atoms with van der Waals surface area (Å²) in [6.07, 6.45) is 0. The molecule has 1 nitrogen and oxygen atoms in total. The van der Waals surface area contributed by atoms with Crippen molar-refractivity contribution in [2.24, 2.45) is 0 Å². The molecule has 1 aliphatic carbocycles. The minimum atomic E-state index is -0.463. The van der Waals surface area contributed by atoms with Crippen LogP contribution in [0.3, 0.4) is 0 Å². The number of nitrogens with zero attached hydrogens (tertiary/aromatic N) is 1. The topological polar surface area (TPSA) is 3.24 Å². The maximum absolute atomic E-state index is 2.50. The van der Waals surface area contributed by atoms with Crippen molar-refractivity contribution in [2.75, 3.05) is 4.90 Å². The summed E-state index contributed by atoms with van der Waals surface area (Å²) in [4.78, 5) is 2.49. The van der Waals surface area contributed by atoms with Gasteiger partial charge in [0, 0.05) is 16.6 Å². The van der Waals surface area contributed by atoms with E-state index in [1.165, 1.54) is 77.8 Å². The molecular formula is C47H31N. The summed E-state index contributed by atoms with van der Waals surface area (Å²) in [7, 11) is 0. The molecule has 0 bridgehead atoms. The minimum Gasteiger partial charge on any atom is -0.309 e. The van der Waals surface area contributed by atoms with Crippen LogP contribution < -0.4 is 4.90 Å². The van der Waals surface area contributed by atoms with Crippen LogP contribution in [0.1, 0.15) is 22.3 Å². The lowest BCUT2D eigenvalue weighted by atomic mass is 9.67. The summed E-state index contributed by atoms with van der Waals surface area (Å²) in [5, 5.41) is 2.55. The van der Waals surface area contributed by atoms with Gasteiger partial charge in [0.1, 0.15) is 0 Å². The van der Waals surface area contributed by atoms with Gasteiger partial charge in [0.15, 0.2) is 0 Å². The first kappa shape index (κ1) is 27.0. The van der Waals surface area contributed by atoms with Crippen molar-refractivity contribution >= 4 is 27.8 Å². The number of fused-ring (bicyclic) bond motifs is 5. The van der Waals surface area contributed by atoms with E-state index < -0.39 is 5.41 Å². The molecule has 0 N–H and O–H groups in total. The van der Waals surface area contributed by atoms with Crippen molar-refractivity contribution in [2.45, 2.75) is 5.41 Å². The second-order valence-corrected chi connectivity index (χ2v) is 12.9. The number of hydrogen-bond donors (Lipinski definition) is 0. The predicted octanol–water partition coefficient (Wildman–Crippen LogP) is 12.3. The van der Waals surface area contributed by atoms with E-state index in [0.29, 0.717) is 0 Å². The van der Waals surface area contributed by atoms with Crippen LogP contribution in [0.5, 0.6) is 0 Å². The predicted molar refractivity (Wildman–Crippen MR) is 200 cm³/mol. The van der Waals surface area contributed by atoms with Gasteiger partial charge in [-0.15, -0.1) is 0 Å². The van der Waals surface area contributed by atoms with E-state index in [2.05, 4.69) is 193 Å². The van der Waals surface area contributed by atoms with E-state index in [1.807, 2.05) is 0 Å². The molecule has 0 amide bonds. The molecule has 0 saturated heterocycles. The lowest BCUT2D eigenvalue weighted by molar-refractivity contribution is 0.768. The molecule has 0 atom stereocenters. The van der Waals surface area contributed by atoms with Gasteiger partial charge in [0.25, 0.3) is 0 Å². The molecule has 0 unspecified atom stereocenters. The number of benzene rings is 8. The number of rotatable bonds is 4. The number of anilines is 3. The highest BCUT2D eigenvalue weighted by Gasteiger charge is 2.47. The Hall–Kier alpha value is -6.18. The van der Waals surface area contributed by atoms with E-state index in [4.69, 9.17) is 0 Å². The quantitative estimate of drug-likeness (QED) is 0.192. The zero-order valence-electron chi connectivity index (χ0n) is 26.3. The van der Waals surface area contributed by atoms with Crippen LogP contribution >= 0.6 is 0 Å². The van der Waals surface area contributed by atoms with Gasteiger partial charge in [-0.25, -0.2) is 0 Å². The van der Waals surface area contributed by atoms with Crippen LogP contribution in [0, 0.1) is 0 Å². The van der Waals surface area contributed by atoms with Crippen molar-refractivity contribution in [3.8, 4) is 33.4 Å². The van der Waals surface area contributed by atoms with E-state index in [9.17, 15) is 0 Å². The van der Waals surface area contributed by atoms with E-state index in [0.717, 1.165) is 5.69 Å². The summed E-state index contributed by atoms with van der Waals surface area (Å²) >= 11 is 0. The van der Waals surface area contributed by atoms with Gasteiger partial charge in [-0.05, 0) is 85.8 Å². The third kappa shape index (κ3) is 3.73. The van der Waals surface area contributed by atoms with Crippen LogP contribution in [0.4, 0.5) is 17.1 Å². The molecule has 2 aliphatic rings. The first-order chi connectivity index (χ1) is 23.8. The largest absolute Gasteiger partial charge is 0.309 e. The average molecular weight is 610 g/mol. The molecule has 224 valence electrons. The Labute approximate surface area is 281 Å². The Balaban J connectivity index is 1.30. The summed E-state index contributed by atoms with van der Waals surface area (Å²) < 4.78 is 0. The third-order valence-corrected chi connectivity index (χ3v) is 10.5. The van der Waals surface area contributed by atoms with Gasteiger partial charge in [-0.1, -0.05) is 158 Å². The fourth-order valence-electron chi connectivity index (χ4n) is 8.45. The van der Waals surface area contributed by atoms with Crippen molar-refractivity contribution in [3.63, 3.8) is 0 Å². The lowest BCUT2D eigenvalue weighted by Crippen LogP contribution is -2.29. The molecule has 0 saturated carbocycles. The molecule has 48 heavy (non-hydrogen) atoms. The van der Waals surface area contributed by atoms with E-state index >= 15 is 0 Å². The van der Waals surface area contributed by atoms with Crippen molar-refractivity contribution < 1.29 is 0 Å². The van der Waals surface area contributed by atoms with Gasteiger partial charge >= 0.3 is 0 Å². The zero-order valence-corrected chi connectivity index (χ0v) is 26.3. The summed E-state index contributed by atoms with van der Waals surface area (Å²) in [5.41, 5.74) is 15.9. The standard InChI is InChI=1S/C47H31N/c1-4-14-32(15-5-1)33-26-28-37(29-27-33)48-44-25-13-17-34-16-12-23-39(46(34)44)41-30-40-38-22-10-11-24-42(38)47(43(40)31-45(41)48,35-18-6-2-7-19-35)36-20-8-3-9-21-36/h1-31H.